The van der Waals surface area contributed by atoms with Gasteiger partial charge in [-0.3, -0.25) is 0 Å². The van der Waals surface area contributed by atoms with Crippen LogP contribution in [-0.4, -0.2) is 27.0 Å². The number of rotatable bonds is 27. The maximum absolute atomic E-state index is 10.5. The minimum Gasteiger partial charge on any atom is -0.0622 e. The van der Waals surface area contributed by atoms with Crippen LogP contribution in [0.25, 0.3) is 0 Å². The van der Waals surface area contributed by atoms with E-state index in [1.807, 2.05) is 0 Å². The van der Waals surface area contributed by atoms with Crippen LogP contribution in [0.3, 0.4) is 0 Å². The van der Waals surface area contributed by atoms with Crippen LogP contribution < -0.4 is 0 Å². The van der Waals surface area contributed by atoms with Gasteiger partial charge in [0.05, 0.1) is 0 Å². The normalized spacial score (nSPS) is 12.9. The Morgan fingerprint density at radius 1 is 0.429 bits per heavy atom. The molecule has 0 aliphatic rings. The molecule has 2 aromatic carbocycles. The fraction of sp³-hybridized carbons (Fsp3) is 0.684. The molecule has 4 heteroatoms. The SMILES string of the molecule is CCCCCCCCCCCCCP(O)(O)(O)CCCCCCCCCCCCC(c1ccccc1)c1ccccc1. The molecule has 0 aliphatic carbocycles. The summed E-state index contributed by atoms with van der Waals surface area (Å²) in [6, 6.07) is 21.9. The molecule has 240 valence electrons. The molecule has 2 aromatic rings. The van der Waals surface area contributed by atoms with Crippen LogP contribution in [0, 0.1) is 0 Å². The summed E-state index contributed by atoms with van der Waals surface area (Å²) < 4.78 is 0. The monoisotopic (exact) mass is 600 g/mol. The van der Waals surface area contributed by atoms with Crippen molar-refractivity contribution >= 4 is 7.28 Å². The fourth-order valence-corrected chi connectivity index (χ4v) is 8.27. The zero-order valence-corrected chi connectivity index (χ0v) is 28.0. The Balaban J connectivity index is 1.42. The van der Waals surface area contributed by atoms with Gasteiger partial charge in [-0.15, -0.1) is 0 Å². The van der Waals surface area contributed by atoms with Crippen LogP contribution in [-0.2, 0) is 0 Å². The molecule has 0 atom stereocenters. The number of hydrogen-bond donors (Lipinski definition) is 3. The third-order valence-electron chi connectivity index (χ3n) is 8.98. The molecular formula is C38H65O3P. The second-order valence-corrected chi connectivity index (χ2v) is 16.6. The van der Waals surface area contributed by atoms with Gasteiger partial charge in [-0.2, -0.15) is 0 Å². The van der Waals surface area contributed by atoms with Gasteiger partial charge >= 0.3 is 176 Å². The van der Waals surface area contributed by atoms with E-state index in [1.54, 1.807) is 0 Å². The summed E-state index contributed by atoms with van der Waals surface area (Å²) in [5, 5.41) is 0. The molecule has 0 saturated carbocycles. The van der Waals surface area contributed by atoms with E-state index < -0.39 is 7.28 Å². The van der Waals surface area contributed by atoms with Crippen LogP contribution in [0.1, 0.15) is 165 Å². The third-order valence-corrected chi connectivity index (χ3v) is 11.4. The minimum absolute atomic E-state index is 0.191. The third kappa shape index (κ3) is 18.4. The van der Waals surface area contributed by atoms with E-state index in [0.717, 1.165) is 38.5 Å². The van der Waals surface area contributed by atoms with Gasteiger partial charge in [0.1, 0.15) is 0 Å². The first-order valence-electron chi connectivity index (χ1n) is 17.7. The van der Waals surface area contributed by atoms with Crippen LogP contribution >= 0.6 is 7.28 Å². The van der Waals surface area contributed by atoms with Gasteiger partial charge in [-0.1, -0.05) is 67.6 Å². The summed E-state index contributed by atoms with van der Waals surface area (Å²) in [6.07, 6.45) is 26.9. The Kier molecular flexibility index (Phi) is 19.6. The molecule has 0 bridgehead atoms. The van der Waals surface area contributed by atoms with Crippen molar-refractivity contribution in [3.8, 4) is 0 Å². The van der Waals surface area contributed by atoms with E-state index in [1.165, 1.54) is 114 Å². The van der Waals surface area contributed by atoms with Crippen molar-refractivity contribution < 1.29 is 14.7 Å². The average molecular weight is 601 g/mol. The Labute approximate surface area is 259 Å². The summed E-state index contributed by atoms with van der Waals surface area (Å²) in [6.45, 7) is 2.26. The number of benzene rings is 2. The van der Waals surface area contributed by atoms with Crippen LogP contribution in [0.15, 0.2) is 60.7 Å². The molecule has 0 unspecified atom stereocenters. The number of hydrogen-bond acceptors (Lipinski definition) is 3. The Morgan fingerprint density at radius 3 is 1.10 bits per heavy atom. The molecule has 0 amide bonds. The zero-order chi connectivity index (χ0) is 30.2. The molecule has 0 saturated heterocycles. The molecule has 0 fully saturated rings. The molecule has 3 nitrogen and oxygen atoms in total. The smallest absolute Gasteiger partial charge is 0.0622 e. The van der Waals surface area contributed by atoms with Crippen molar-refractivity contribution in [3.63, 3.8) is 0 Å². The van der Waals surface area contributed by atoms with Crippen LogP contribution in [0.4, 0.5) is 0 Å². The zero-order valence-electron chi connectivity index (χ0n) is 27.1. The van der Waals surface area contributed by atoms with Gasteiger partial charge in [0.25, 0.3) is 0 Å². The summed E-state index contributed by atoms with van der Waals surface area (Å²) in [5.74, 6) is 0.490. The first-order valence-corrected chi connectivity index (χ1v) is 20.2. The van der Waals surface area contributed by atoms with Crippen molar-refractivity contribution in [2.45, 2.75) is 154 Å². The van der Waals surface area contributed by atoms with E-state index in [2.05, 4.69) is 67.6 Å². The Bertz CT molecular complexity index is 838. The van der Waals surface area contributed by atoms with E-state index >= 15 is 0 Å². The Hall–Kier alpha value is -1.25. The van der Waals surface area contributed by atoms with Gasteiger partial charge in [0, 0.05) is 5.92 Å². The average Bonchev–Trinajstić information content (AvgIpc) is 2.99. The molecule has 0 radical (unpaired) electrons. The molecule has 3 N–H and O–H groups in total. The van der Waals surface area contributed by atoms with Gasteiger partial charge < -0.3 is 0 Å². The minimum atomic E-state index is -4.42. The first kappa shape index (κ1) is 36.9. The van der Waals surface area contributed by atoms with E-state index in [9.17, 15) is 14.7 Å². The molecular weight excluding hydrogens is 535 g/mol. The molecule has 0 heterocycles. The van der Waals surface area contributed by atoms with E-state index in [4.69, 9.17) is 0 Å². The van der Waals surface area contributed by atoms with Gasteiger partial charge in [-0.05, 0) is 11.1 Å². The maximum atomic E-state index is 10.5. The molecule has 0 aliphatic heterocycles. The van der Waals surface area contributed by atoms with Crippen molar-refractivity contribution in [1.82, 2.24) is 0 Å². The summed E-state index contributed by atoms with van der Waals surface area (Å²) in [7, 11) is -4.42. The topological polar surface area (TPSA) is 60.7 Å². The van der Waals surface area contributed by atoms with Crippen molar-refractivity contribution in [1.29, 1.82) is 0 Å². The fourth-order valence-electron chi connectivity index (χ4n) is 6.31. The van der Waals surface area contributed by atoms with E-state index in [-0.39, 0.29) is 12.3 Å². The van der Waals surface area contributed by atoms with Gasteiger partial charge in [-0.25, -0.2) is 0 Å². The van der Waals surface area contributed by atoms with Crippen molar-refractivity contribution in [3.05, 3.63) is 71.8 Å². The van der Waals surface area contributed by atoms with Crippen molar-refractivity contribution in [2.75, 3.05) is 12.3 Å². The summed E-state index contributed by atoms with van der Waals surface area (Å²) in [5.41, 5.74) is 2.85. The Morgan fingerprint density at radius 2 is 0.738 bits per heavy atom. The molecule has 0 spiro atoms. The predicted octanol–water partition coefficient (Wildman–Crippen LogP) is 11.7. The second-order valence-electron chi connectivity index (χ2n) is 13.0. The predicted molar refractivity (Wildman–Crippen MR) is 185 cm³/mol. The van der Waals surface area contributed by atoms with E-state index in [0.29, 0.717) is 5.92 Å². The summed E-state index contributed by atoms with van der Waals surface area (Å²) >= 11 is 0. The van der Waals surface area contributed by atoms with Gasteiger partial charge in [0.15, 0.2) is 0 Å². The quantitative estimate of drug-likeness (QED) is 0.0706. The first-order chi connectivity index (χ1) is 20.4. The van der Waals surface area contributed by atoms with Crippen LogP contribution in [0.5, 0.6) is 0 Å². The van der Waals surface area contributed by atoms with Gasteiger partial charge in [0.2, 0.25) is 0 Å². The molecule has 42 heavy (non-hydrogen) atoms. The van der Waals surface area contributed by atoms with Crippen LogP contribution in [0.2, 0.25) is 0 Å². The standard InChI is InChI=1S/C38H65O3P/c1-2-3-4-5-6-7-9-12-15-18-27-34-42(39,40,41)35-28-19-16-13-10-8-11-14-17-26-33-38(36-29-22-20-23-30-36)37-31-24-21-25-32-37/h20-25,29-32,38-41H,2-19,26-28,33-35H2,1H3. The second kappa shape index (κ2) is 22.3. The molecule has 2 rings (SSSR count). The summed E-state index contributed by atoms with van der Waals surface area (Å²) in [4.78, 5) is 31.4. The number of unbranched alkanes of at least 4 members (excludes halogenated alkanes) is 19. The molecule has 0 aromatic heterocycles. The van der Waals surface area contributed by atoms with Crippen molar-refractivity contribution in [2.24, 2.45) is 0 Å².